The molecule has 0 aliphatic carbocycles. The molecule has 4 rings (SSSR count). The number of benzene rings is 3. The Bertz CT molecular complexity index is 1340. The standard InChI is InChI=1S/C21H18FN3O4S2/c1-29-18-4-2-3-13(20(18)26)12-23-15-6-8-16(9-7-15)31(27,28)25-21-24-17-10-5-14(22)11-19(17)30-21/h2-11,23,26H,12H2,1H3,(H,24,25). The Balaban J connectivity index is 1.46. The minimum absolute atomic E-state index is 0.0524. The summed E-state index contributed by atoms with van der Waals surface area (Å²) in [5.74, 6) is 0.0249. The van der Waals surface area contributed by atoms with Crippen LogP contribution in [-0.2, 0) is 16.6 Å². The number of rotatable bonds is 7. The van der Waals surface area contributed by atoms with Crippen molar-refractivity contribution in [2.75, 3.05) is 17.1 Å². The van der Waals surface area contributed by atoms with Gasteiger partial charge in [-0.2, -0.15) is 0 Å². The van der Waals surface area contributed by atoms with E-state index in [1.54, 1.807) is 30.3 Å². The van der Waals surface area contributed by atoms with Gasteiger partial charge in [-0.1, -0.05) is 23.5 Å². The fraction of sp³-hybridized carbons (Fsp3) is 0.0952. The minimum Gasteiger partial charge on any atom is -0.504 e. The van der Waals surface area contributed by atoms with Gasteiger partial charge in [0.1, 0.15) is 5.82 Å². The molecule has 0 amide bonds. The van der Waals surface area contributed by atoms with E-state index >= 15 is 0 Å². The summed E-state index contributed by atoms with van der Waals surface area (Å²) in [5, 5.41) is 13.4. The number of nitrogens with one attached hydrogen (secondary N) is 2. The van der Waals surface area contributed by atoms with Crippen molar-refractivity contribution in [1.82, 2.24) is 4.98 Å². The van der Waals surface area contributed by atoms with Gasteiger partial charge in [-0.3, -0.25) is 4.72 Å². The summed E-state index contributed by atoms with van der Waals surface area (Å²) in [6.45, 7) is 0.329. The lowest BCUT2D eigenvalue weighted by molar-refractivity contribution is 0.371. The van der Waals surface area contributed by atoms with Crippen LogP contribution < -0.4 is 14.8 Å². The van der Waals surface area contributed by atoms with E-state index in [1.165, 1.54) is 37.4 Å². The molecule has 0 spiro atoms. The van der Waals surface area contributed by atoms with Gasteiger partial charge in [0.25, 0.3) is 10.0 Å². The summed E-state index contributed by atoms with van der Waals surface area (Å²) in [6, 6.07) is 15.5. The van der Waals surface area contributed by atoms with Crippen molar-refractivity contribution in [3.63, 3.8) is 0 Å². The van der Waals surface area contributed by atoms with E-state index < -0.39 is 15.8 Å². The third-order valence-corrected chi connectivity index (χ3v) is 6.94. The molecule has 3 aromatic carbocycles. The third-order valence-electron chi connectivity index (χ3n) is 4.52. The highest BCUT2D eigenvalue weighted by molar-refractivity contribution is 7.93. The lowest BCUT2D eigenvalue weighted by Crippen LogP contribution is -2.12. The molecule has 7 nitrogen and oxygen atoms in total. The van der Waals surface area contributed by atoms with Crippen LogP contribution in [0.2, 0.25) is 0 Å². The van der Waals surface area contributed by atoms with Gasteiger partial charge in [0.15, 0.2) is 16.6 Å². The second-order valence-electron chi connectivity index (χ2n) is 6.58. The van der Waals surface area contributed by atoms with Crippen LogP contribution in [0.5, 0.6) is 11.5 Å². The topological polar surface area (TPSA) is 101 Å². The number of ether oxygens (including phenoxy) is 1. The number of thiazole rings is 1. The van der Waals surface area contributed by atoms with Gasteiger partial charge in [-0.05, 0) is 48.5 Å². The molecule has 1 heterocycles. The van der Waals surface area contributed by atoms with Crippen molar-refractivity contribution >= 4 is 42.4 Å². The average Bonchev–Trinajstić information content (AvgIpc) is 3.14. The molecule has 160 valence electrons. The largest absolute Gasteiger partial charge is 0.504 e. The van der Waals surface area contributed by atoms with Crippen LogP contribution in [0.1, 0.15) is 5.56 Å². The van der Waals surface area contributed by atoms with Gasteiger partial charge in [-0.25, -0.2) is 17.8 Å². The summed E-state index contributed by atoms with van der Waals surface area (Å²) < 4.78 is 46.7. The number of fused-ring (bicyclic) bond motifs is 1. The summed E-state index contributed by atoms with van der Waals surface area (Å²) >= 11 is 1.06. The van der Waals surface area contributed by atoms with Crippen molar-refractivity contribution < 1.29 is 22.7 Å². The van der Waals surface area contributed by atoms with Crippen molar-refractivity contribution in [2.45, 2.75) is 11.4 Å². The molecule has 0 radical (unpaired) electrons. The van der Waals surface area contributed by atoms with Crippen molar-refractivity contribution in [3.8, 4) is 11.5 Å². The first kappa shape index (κ1) is 20.9. The number of phenolic OH excluding ortho intramolecular Hbond substituents is 1. The van der Waals surface area contributed by atoms with Gasteiger partial charge < -0.3 is 15.2 Å². The Morgan fingerprint density at radius 1 is 1.13 bits per heavy atom. The van der Waals surface area contributed by atoms with Crippen LogP contribution in [0.25, 0.3) is 10.2 Å². The first-order valence-electron chi connectivity index (χ1n) is 9.13. The van der Waals surface area contributed by atoms with E-state index in [4.69, 9.17) is 4.74 Å². The second-order valence-corrected chi connectivity index (χ2v) is 9.30. The van der Waals surface area contributed by atoms with E-state index in [-0.39, 0.29) is 15.8 Å². The molecule has 10 heteroatoms. The zero-order valence-corrected chi connectivity index (χ0v) is 17.9. The number of methoxy groups -OCH3 is 1. The van der Waals surface area contributed by atoms with E-state index in [2.05, 4.69) is 15.0 Å². The maximum Gasteiger partial charge on any atom is 0.263 e. The first-order valence-corrected chi connectivity index (χ1v) is 11.4. The quantitative estimate of drug-likeness (QED) is 0.375. The second kappa shape index (κ2) is 8.40. The Morgan fingerprint density at radius 2 is 1.90 bits per heavy atom. The van der Waals surface area contributed by atoms with Crippen molar-refractivity contribution in [2.24, 2.45) is 0 Å². The Morgan fingerprint density at radius 3 is 2.65 bits per heavy atom. The molecule has 0 aliphatic rings. The SMILES string of the molecule is COc1cccc(CNc2ccc(S(=O)(=O)Nc3nc4ccc(F)cc4s3)cc2)c1O. The van der Waals surface area contributed by atoms with Crippen LogP contribution >= 0.6 is 11.3 Å². The van der Waals surface area contributed by atoms with E-state index in [1.807, 2.05) is 0 Å². The number of halogens is 1. The molecule has 1 aromatic heterocycles. The number of para-hydroxylation sites is 1. The van der Waals surface area contributed by atoms with Crippen LogP contribution in [0.3, 0.4) is 0 Å². The highest BCUT2D eigenvalue weighted by atomic mass is 32.2. The van der Waals surface area contributed by atoms with Gasteiger partial charge in [0.05, 0.1) is 22.2 Å². The maximum atomic E-state index is 13.3. The third kappa shape index (κ3) is 4.54. The highest BCUT2D eigenvalue weighted by Crippen LogP contribution is 2.30. The fourth-order valence-corrected chi connectivity index (χ4v) is 5.07. The molecule has 0 saturated heterocycles. The van der Waals surface area contributed by atoms with Gasteiger partial charge in [0.2, 0.25) is 0 Å². The lowest BCUT2D eigenvalue weighted by atomic mass is 10.2. The molecular weight excluding hydrogens is 441 g/mol. The molecule has 0 bridgehead atoms. The predicted molar refractivity (Wildman–Crippen MR) is 119 cm³/mol. The van der Waals surface area contributed by atoms with Crippen molar-refractivity contribution in [1.29, 1.82) is 0 Å². The molecule has 0 aliphatic heterocycles. The zero-order chi connectivity index (χ0) is 22.0. The lowest BCUT2D eigenvalue weighted by Gasteiger charge is -2.11. The molecule has 3 N–H and O–H groups in total. The van der Waals surface area contributed by atoms with Crippen LogP contribution in [-0.4, -0.2) is 25.6 Å². The smallest absolute Gasteiger partial charge is 0.263 e. The van der Waals surface area contributed by atoms with Crippen LogP contribution in [0.15, 0.2) is 65.6 Å². The number of aromatic hydroxyl groups is 1. The van der Waals surface area contributed by atoms with Gasteiger partial charge in [0, 0.05) is 17.8 Å². The van der Waals surface area contributed by atoms with E-state index in [0.717, 1.165) is 11.3 Å². The predicted octanol–water partition coefficient (Wildman–Crippen LogP) is 4.56. The molecule has 0 saturated carbocycles. The average molecular weight is 460 g/mol. The Hall–Kier alpha value is -3.37. The molecule has 0 atom stereocenters. The number of nitrogens with zero attached hydrogens (tertiary/aromatic N) is 1. The number of aromatic nitrogens is 1. The maximum absolute atomic E-state index is 13.3. The fourth-order valence-electron chi connectivity index (χ4n) is 2.94. The van der Waals surface area contributed by atoms with Crippen molar-refractivity contribution in [3.05, 3.63) is 72.0 Å². The minimum atomic E-state index is -3.85. The molecule has 31 heavy (non-hydrogen) atoms. The number of hydrogen-bond donors (Lipinski definition) is 3. The van der Waals surface area contributed by atoms with E-state index in [9.17, 15) is 17.9 Å². The number of sulfonamides is 1. The molecular formula is C21H18FN3O4S2. The molecule has 0 unspecified atom stereocenters. The van der Waals surface area contributed by atoms with E-state index in [0.29, 0.717) is 33.8 Å². The molecule has 4 aromatic rings. The summed E-state index contributed by atoms with van der Waals surface area (Å²) in [7, 11) is -2.37. The molecule has 0 fully saturated rings. The number of hydrogen-bond acceptors (Lipinski definition) is 7. The summed E-state index contributed by atoms with van der Waals surface area (Å²) in [4.78, 5) is 4.25. The number of anilines is 2. The first-order chi connectivity index (χ1) is 14.9. The Kier molecular flexibility index (Phi) is 5.66. The summed E-state index contributed by atoms with van der Waals surface area (Å²) in [6.07, 6.45) is 0. The van der Waals surface area contributed by atoms with Crippen LogP contribution in [0, 0.1) is 5.82 Å². The zero-order valence-electron chi connectivity index (χ0n) is 16.3. The monoisotopic (exact) mass is 459 g/mol. The Labute approximate surface area is 182 Å². The number of phenols is 1. The van der Waals surface area contributed by atoms with Gasteiger partial charge in [-0.15, -0.1) is 0 Å². The van der Waals surface area contributed by atoms with Gasteiger partial charge >= 0.3 is 0 Å². The van der Waals surface area contributed by atoms with Crippen LogP contribution in [0.4, 0.5) is 15.2 Å². The summed E-state index contributed by atoms with van der Waals surface area (Å²) in [5.41, 5.74) is 1.84. The highest BCUT2D eigenvalue weighted by Gasteiger charge is 2.17. The normalized spacial score (nSPS) is 11.4.